The van der Waals surface area contributed by atoms with Gasteiger partial charge in [0.25, 0.3) is 0 Å². The van der Waals surface area contributed by atoms with E-state index in [1.807, 2.05) is 0 Å². The van der Waals surface area contributed by atoms with Gasteiger partial charge >= 0.3 is 114 Å². The van der Waals surface area contributed by atoms with Gasteiger partial charge in [-0.3, -0.25) is 0 Å². The molecule has 3 rings (SSSR count). The number of benzene rings is 1. The molecule has 0 amide bonds. The van der Waals surface area contributed by atoms with E-state index in [0.29, 0.717) is 6.04 Å². The molecule has 18 heavy (non-hydrogen) atoms. The van der Waals surface area contributed by atoms with Gasteiger partial charge in [-0.2, -0.15) is 0 Å². The topological polar surface area (TPSA) is 37.8 Å². The van der Waals surface area contributed by atoms with Gasteiger partial charge in [-0.25, -0.2) is 0 Å². The maximum atomic E-state index is 4.54. The van der Waals surface area contributed by atoms with Crippen LogP contribution >= 0.6 is 0 Å². The fraction of sp³-hybridized carbons (Fsp3) is 0.571. The Morgan fingerprint density at radius 2 is 2.11 bits per heavy atom. The molecule has 1 fully saturated rings. The summed E-state index contributed by atoms with van der Waals surface area (Å²) in [7, 11) is 0. The summed E-state index contributed by atoms with van der Waals surface area (Å²) in [5, 5.41) is 3.72. The second kappa shape index (κ2) is 5.02. The predicted octanol–water partition coefficient (Wildman–Crippen LogP) is 2.92. The number of anilines is 1. The molecule has 0 saturated heterocycles. The molecule has 3 nitrogen and oxygen atoms in total. The first-order valence-corrected chi connectivity index (χ1v) is 8.25. The van der Waals surface area contributed by atoms with E-state index < -0.39 is 0 Å². The second-order valence-electron chi connectivity index (χ2n) is 5.58. The molecule has 1 aliphatic rings. The summed E-state index contributed by atoms with van der Waals surface area (Å²) in [6, 6.07) is 6.87. The molecule has 0 bridgehead atoms. The van der Waals surface area contributed by atoms with Gasteiger partial charge in [-0.15, -0.1) is 0 Å². The van der Waals surface area contributed by atoms with Crippen molar-refractivity contribution in [3.63, 3.8) is 0 Å². The Labute approximate surface area is 114 Å². The van der Waals surface area contributed by atoms with Gasteiger partial charge in [0.2, 0.25) is 0 Å². The van der Waals surface area contributed by atoms with Crippen molar-refractivity contribution in [2.75, 3.05) is 5.32 Å². The number of fused-ring (bicyclic) bond motifs is 1. The SMILES string of the molecule is CC1CCC(C)C(Nc2cccc3n[se]nc23)C1. The summed E-state index contributed by atoms with van der Waals surface area (Å²) in [4.78, 5) is 0. The summed E-state index contributed by atoms with van der Waals surface area (Å²) in [5.74, 6) is 1.59. The molecule has 1 saturated carbocycles. The maximum absolute atomic E-state index is 4.54. The van der Waals surface area contributed by atoms with Crippen molar-refractivity contribution >= 4 is 31.7 Å². The number of rotatable bonds is 2. The van der Waals surface area contributed by atoms with Crippen LogP contribution in [-0.2, 0) is 0 Å². The summed E-state index contributed by atoms with van der Waals surface area (Å²) in [6.45, 7) is 4.72. The molecular formula is C14H19N3Se. The van der Waals surface area contributed by atoms with Gasteiger partial charge in [-0.05, 0) is 0 Å². The Bertz CT molecular complexity index is 537. The normalized spacial score (nSPS) is 28.4. The average molecular weight is 308 g/mol. The minimum absolute atomic E-state index is 0.0611. The van der Waals surface area contributed by atoms with Crippen LogP contribution in [0, 0.1) is 11.8 Å². The van der Waals surface area contributed by atoms with Gasteiger partial charge in [0.05, 0.1) is 0 Å². The summed E-state index contributed by atoms with van der Waals surface area (Å²) in [6.07, 6.45) is 3.97. The van der Waals surface area contributed by atoms with Crippen molar-refractivity contribution in [3.8, 4) is 0 Å². The molecule has 2 aromatic rings. The third-order valence-electron chi connectivity index (χ3n) is 4.08. The fourth-order valence-corrected chi connectivity index (χ4v) is 4.01. The number of aromatic nitrogens is 2. The number of nitrogens with one attached hydrogen (secondary N) is 1. The Morgan fingerprint density at radius 1 is 1.22 bits per heavy atom. The van der Waals surface area contributed by atoms with Crippen LogP contribution in [-0.4, -0.2) is 29.0 Å². The Morgan fingerprint density at radius 3 is 3.00 bits per heavy atom. The molecule has 1 aliphatic carbocycles. The average Bonchev–Trinajstić information content (AvgIpc) is 2.83. The molecule has 1 aromatic carbocycles. The van der Waals surface area contributed by atoms with Gasteiger partial charge in [0.15, 0.2) is 0 Å². The van der Waals surface area contributed by atoms with Crippen molar-refractivity contribution in [1.29, 1.82) is 0 Å². The van der Waals surface area contributed by atoms with E-state index in [0.717, 1.165) is 22.9 Å². The predicted molar refractivity (Wildman–Crippen MR) is 76.1 cm³/mol. The molecule has 3 unspecified atom stereocenters. The van der Waals surface area contributed by atoms with E-state index in [9.17, 15) is 0 Å². The van der Waals surface area contributed by atoms with Crippen LogP contribution in [0.2, 0.25) is 0 Å². The van der Waals surface area contributed by atoms with Crippen LogP contribution in [0.1, 0.15) is 33.1 Å². The van der Waals surface area contributed by atoms with E-state index in [1.165, 1.54) is 24.9 Å². The number of hydrogen-bond donors (Lipinski definition) is 1. The number of hydrogen-bond acceptors (Lipinski definition) is 3. The molecule has 1 aromatic heterocycles. The van der Waals surface area contributed by atoms with E-state index in [-0.39, 0.29) is 15.0 Å². The summed E-state index contributed by atoms with van der Waals surface area (Å²) < 4.78 is 8.98. The van der Waals surface area contributed by atoms with Crippen molar-refractivity contribution in [2.24, 2.45) is 11.8 Å². The summed E-state index contributed by atoms with van der Waals surface area (Å²) in [5.41, 5.74) is 3.33. The van der Waals surface area contributed by atoms with E-state index in [2.05, 4.69) is 45.3 Å². The Kier molecular flexibility index (Phi) is 3.40. The monoisotopic (exact) mass is 309 g/mol. The van der Waals surface area contributed by atoms with Crippen LogP contribution < -0.4 is 5.32 Å². The first-order valence-electron chi connectivity index (χ1n) is 6.72. The van der Waals surface area contributed by atoms with Crippen molar-refractivity contribution in [2.45, 2.75) is 39.2 Å². The zero-order valence-electron chi connectivity index (χ0n) is 10.9. The van der Waals surface area contributed by atoms with Crippen molar-refractivity contribution < 1.29 is 0 Å². The van der Waals surface area contributed by atoms with E-state index >= 15 is 0 Å². The van der Waals surface area contributed by atoms with Gasteiger partial charge in [0, 0.05) is 0 Å². The van der Waals surface area contributed by atoms with Crippen molar-refractivity contribution in [1.82, 2.24) is 7.96 Å². The zero-order chi connectivity index (χ0) is 12.5. The second-order valence-corrected chi connectivity index (χ2v) is 6.69. The first-order chi connectivity index (χ1) is 8.74. The minimum atomic E-state index is 0.0611. The molecule has 1 N–H and O–H groups in total. The quantitative estimate of drug-likeness (QED) is 0.867. The molecular weight excluding hydrogens is 289 g/mol. The Hall–Kier alpha value is -0.861. The molecule has 1 heterocycles. The fourth-order valence-electron chi connectivity index (χ4n) is 2.86. The van der Waals surface area contributed by atoms with Gasteiger partial charge in [-0.1, -0.05) is 0 Å². The first kappa shape index (κ1) is 12.2. The molecule has 96 valence electrons. The van der Waals surface area contributed by atoms with E-state index in [1.54, 1.807) is 0 Å². The standard InChI is InChI=1S/C14H19N3Se/c1-9-6-7-10(2)13(8-9)15-11-4-3-5-12-14(11)17-18-16-12/h3-5,9-10,13,15H,6-8H2,1-2H3. The van der Waals surface area contributed by atoms with Crippen LogP contribution in [0.15, 0.2) is 18.2 Å². The third-order valence-corrected chi connectivity index (χ3v) is 5.22. The zero-order valence-corrected chi connectivity index (χ0v) is 12.6. The van der Waals surface area contributed by atoms with Crippen LogP contribution in [0.3, 0.4) is 0 Å². The van der Waals surface area contributed by atoms with Gasteiger partial charge in [0.1, 0.15) is 0 Å². The Balaban J connectivity index is 1.85. The number of nitrogens with zero attached hydrogens (tertiary/aromatic N) is 2. The third kappa shape index (κ3) is 2.32. The summed E-state index contributed by atoms with van der Waals surface area (Å²) >= 11 is 0.0611. The molecule has 3 atom stereocenters. The van der Waals surface area contributed by atoms with Crippen molar-refractivity contribution in [3.05, 3.63) is 18.2 Å². The molecule has 0 radical (unpaired) electrons. The molecule has 4 heteroatoms. The molecule has 0 aliphatic heterocycles. The van der Waals surface area contributed by atoms with E-state index in [4.69, 9.17) is 0 Å². The van der Waals surface area contributed by atoms with Crippen LogP contribution in [0.5, 0.6) is 0 Å². The van der Waals surface area contributed by atoms with Gasteiger partial charge < -0.3 is 0 Å². The van der Waals surface area contributed by atoms with Crippen LogP contribution in [0.4, 0.5) is 5.69 Å². The van der Waals surface area contributed by atoms with Crippen LogP contribution in [0.25, 0.3) is 11.0 Å². The molecule has 0 spiro atoms.